The van der Waals surface area contributed by atoms with Crippen LogP contribution in [0.2, 0.25) is 0 Å². The summed E-state index contributed by atoms with van der Waals surface area (Å²) in [6.07, 6.45) is 0.141. The van der Waals surface area contributed by atoms with Gasteiger partial charge in [-0.1, -0.05) is 23.8 Å². The Morgan fingerprint density at radius 1 is 1.22 bits per heavy atom. The van der Waals surface area contributed by atoms with Gasteiger partial charge in [-0.25, -0.2) is 0 Å². The summed E-state index contributed by atoms with van der Waals surface area (Å²) in [7, 11) is 0. The quantitative estimate of drug-likeness (QED) is 0.874. The molecule has 2 rings (SSSR count). The van der Waals surface area contributed by atoms with E-state index in [1.807, 2.05) is 44.2 Å². The molecule has 0 amide bonds. The van der Waals surface area contributed by atoms with Crippen LogP contribution in [0, 0.1) is 25.2 Å². The van der Waals surface area contributed by atoms with E-state index < -0.39 is 0 Å². The summed E-state index contributed by atoms with van der Waals surface area (Å²) in [5, 5.41) is 8.61. The molecule has 0 atom stereocenters. The van der Waals surface area contributed by atoms with E-state index >= 15 is 0 Å². The number of rotatable bonds is 2. The van der Waals surface area contributed by atoms with Crippen LogP contribution in [-0.4, -0.2) is 4.98 Å². The Labute approximate surface area is 106 Å². The van der Waals surface area contributed by atoms with E-state index in [0.717, 1.165) is 22.4 Å². The van der Waals surface area contributed by atoms with Gasteiger partial charge < -0.3 is 4.98 Å². The van der Waals surface area contributed by atoms with Crippen LogP contribution in [0.4, 0.5) is 0 Å². The van der Waals surface area contributed by atoms with Crippen LogP contribution in [0.15, 0.2) is 35.1 Å². The number of nitriles is 1. The Hall–Kier alpha value is -2.34. The lowest BCUT2D eigenvalue weighted by molar-refractivity contribution is 1.13. The fourth-order valence-corrected chi connectivity index (χ4v) is 1.91. The molecule has 0 aliphatic carbocycles. The summed E-state index contributed by atoms with van der Waals surface area (Å²) in [4.78, 5) is 14.6. The fourth-order valence-electron chi connectivity index (χ4n) is 1.91. The zero-order valence-electron chi connectivity index (χ0n) is 10.4. The molecule has 0 fully saturated rings. The van der Waals surface area contributed by atoms with Crippen molar-refractivity contribution in [1.82, 2.24) is 4.98 Å². The maximum atomic E-state index is 11.8. The highest BCUT2D eigenvalue weighted by Gasteiger charge is 2.05. The number of nitrogens with zero attached hydrogens (tertiary/aromatic N) is 1. The van der Waals surface area contributed by atoms with Gasteiger partial charge in [0.25, 0.3) is 5.56 Å². The minimum atomic E-state index is -0.185. The molecule has 0 aliphatic rings. The van der Waals surface area contributed by atoms with Crippen LogP contribution in [0.5, 0.6) is 0 Å². The molecular weight excluding hydrogens is 224 g/mol. The van der Waals surface area contributed by atoms with Gasteiger partial charge in [-0.2, -0.15) is 5.26 Å². The third-order valence-electron chi connectivity index (χ3n) is 2.94. The van der Waals surface area contributed by atoms with Crippen molar-refractivity contribution >= 4 is 0 Å². The number of benzene rings is 1. The first-order valence-electron chi connectivity index (χ1n) is 5.78. The molecule has 1 aromatic heterocycles. The molecule has 0 radical (unpaired) electrons. The molecule has 1 heterocycles. The smallest absolute Gasteiger partial charge is 0.252 e. The van der Waals surface area contributed by atoms with Crippen molar-refractivity contribution in [3.8, 4) is 17.3 Å². The van der Waals surface area contributed by atoms with E-state index in [1.165, 1.54) is 0 Å². The van der Waals surface area contributed by atoms with Gasteiger partial charge in [-0.15, -0.1) is 0 Å². The van der Waals surface area contributed by atoms with Gasteiger partial charge in [-0.3, -0.25) is 4.79 Å². The van der Waals surface area contributed by atoms with Gasteiger partial charge in [0.05, 0.1) is 12.5 Å². The fraction of sp³-hybridized carbons (Fsp3) is 0.200. The maximum Gasteiger partial charge on any atom is 0.252 e. The third kappa shape index (κ3) is 2.33. The topological polar surface area (TPSA) is 56.6 Å². The molecule has 0 saturated carbocycles. The average molecular weight is 238 g/mol. The molecule has 0 aliphatic heterocycles. The van der Waals surface area contributed by atoms with E-state index in [2.05, 4.69) is 4.98 Å². The zero-order valence-corrected chi connectivity index (χ0v) is 10.4. The Morgan fingerprint density at radius 2 is 2.00 bits per heavy atom. The number of hydrogen-bond donors (Lipinski definition) is 1. The molecule has 3 nitrogen and oxygen atoms in total. The van der Waals surface area contributed by atoms with E-state index in [9.17, 15) is 4.79 Å². The number of H-pyrrole nitrogens is 1. The van der Waals surface area contributed by atoms with Gasteiger partial charge in [0.1, 0.15) is 0 Å². The van der Waals surface area contributed by atoms with Gasteiger partial charge >= 0.3 is 0 Å². The van der Waals surface area contributed by atoms with Crippen molar-refractivity contribution in [2.75, 3.05) is 0 Å². The molecule has 90 valence electrons. The monoisotopic (exact) mass is 238 g/mol. The highest BCUT2D eigenvalue weighted by atomic mass is 16.1. The lowest BCUT2D eigenvalue weighted by Crippen LogP contribution is -2.12. The highest BCUT2D eigenvalue weighted by molar-refractivity contribution is 5.64. The summed E-state index contributed by atoms with van der Waals surface area (Å²) in [6, 6.07) is 11.7. The summed E-state index contributed by atoms with van der Waals surface area (Å²) in [5.74, 6) is 0. The Balaban J connectivity index is 2.53. The van der Waals surface area contributed by atoms with E-state index in [1.54, 1.807) is 6.07 Å². The number of aromatic nitrogens is 1. The summed E-state index contributed by atoms with van der Waals surface area (Å²) in [6.45, 7) is 4.03. The van der Waals surface area contributed by atoms with Crippen LogP contribution in [-0.2, 0) is 6.42 Å². The second-order valence-electron chi connectivity index (χ2n) is 4.38. The predicted octanol–water partition coefficient (Wildman–Crippen LogP) is 2.72. The first-order chi connectivity index (χ1) is 8.61. The Morgan fingerprint density at radius 3 is 2.67 bits per heavy atom. The second kappa shape index (κ2) is 4.89. The first-order valence-corrected chi connectivity index (χ1v) is 5.78. The molecule has 3 heteroatoms. The van der Waals surface area contributed by atoms with Gasteiger partial charge in [0.2, 0.25) is 0 Å². The number of aromatic amines is 1. The van der Waals surface area contributed by atoms with Crippen molar-refractivity contribution in [1.29, 1.82) is 5.26 Å². The summed E-state index contributed by atoms with van der Waals surface area (Å²) < 4.78 is 0. The molecule has 0 bridgehead atoms. The molecule has 0 saturated heterocycles. The number of nitrogens with one attached hydrogen (secondary N) is 1. The van der Waals surface area contributed by atoms with Gasteiger partial charge in [-0.05, 0) is 31.5 Å². The standard InChI is InChI=1S/C15H14N2O/c1-10-3-4-11(2)13(9-10)14-6-5-12(7-8-16)15(18)17-14/h3-6,9H,7H2,1-2H3,(H,17,18). The van der Waals surface area contributed by atoms with Crippen LogP contribution < -0.4 is 5.56 Å². The molecule has 0 spiro atoms. The maximum absolute atomic E-state index is 11.8. The normalized spacial score (nSPS) is 10.1. The molecule has 18 heavy (non-hydrogen) atoms. The lowest BCUT2D eigenvalue weighted by atomic mass is 10.0. The molecule has 2 aromatic rings. The number of aryl methyl sites for hydroxylation is 2. The van der Waals surface area contributed by atoms with Crippen molar-refractivity contribution in [3.05, 3.63) is 57.4 Å². The summed E-state index contributed by atoms with van der Waals surface area (Å²) in [5.41, 5.74) is 4.40. The molecule has 1 N–H and O–H groups in total. The first kappa shape index (κ1) is 12.1. The zero-order chi connectivity index (χ0) is 13.1. The van der Waals surface area contributed by atoms with Crippen LogP contribution in [0.25, 0.3) is 11.3 Å². The van der Waals surface area contributed by atoms with Crippen molar-refractivity contribution in [2.24, 2.45) is 0 Å². The predicted molar refractivity (Wildman–Crippen MR) is 71.3 cm³/mol. The highest BCUT2D eigenvalue weighted by Crippen LogP contribution is 2.21. The van der Waals surface area contributed by atoms with Crippen molar-refractivity contribution in [2.45, 2.75) is 20.3 Å². The minimum absolute atomic E-state index is 0.141. The van der Waals surface area contributed by atoms with E-state index in [0.29, 0.717) is 5.56 Å². The van der Waals surface area contributed by atoms with Crippen molar-refractivity contribution in [3.63, 3.8) is 0 Å². The molecular formula is C15H14N2O. The van der Waals surface area contributed by atoms with Crippen molar-refractivity contribution < 1.29 is 0 Å². The Kier molecular flexibility index (Phi) is 3.29. The van der Waals surface area contributed by atoms with Gasteiger partial charge in [0.15, 0.2) is 0 Å². The molecule has 0 unspecified atom stereocenters. The van der Waals surface area contributed by atoms with Gasteiger partial charge in [0, 0.05) is 16.8 Å². The SMILES string of the molecule is Cc1ccc(C)c(-c2ccc(CC#N)c(=O)[nH]2)c1. The van der Waals surface area contributed by atoms with E-state index in [-0.39, 0.29) is 12.0 Å². The van der Waals surface area contributed by atoms with E-state index in [4.69, 9.17) is 5.26 Å². The summed E-state index contributed by atoms with van der Waals surface area (Å²) >= 11 is 0. The van der Waals surface area contributed by atoms with Crippen LogP contribution in [0.3, 0.4) is 0 Å². The average Bonchev–Trinajstić information content (AvgIpc) is 2.35. The number of pyridine rings is 1. The van der Waals surface area contributed by atoms with Crippen LogP contribution in [0.1, 0.15) is 16.7 Å². The largest absolute Gasteiger partial charge is 0.322 e. The molecule has 1 aromatic carbocycles. The lowest BCUT2D eigenvalue weighted by Gasteiger charge is -2.07. The second-order valence-corrected chi connectivity index (χ2v) is 4.38. The minimum Gasteiger partial charge on any atom is -0.322 e. The number of hydrogen-bond acceptors (Lipinski definition) is 2. The van der Waals surface area contributed by atoms with Crippen LogP contribution >= 0.6 is 0 Å². The Bertz CT molecular complexity index is 678. The third-order valence-corrected chi connectivity index (χ3v) is 2.94.